The maximum absolute atomic E-state index is 12.0. The lowest BCUT2D eigenvalue weighted by molar-refractivity contribution is -0.132. The second kappa shape index (κ2) is 7.91. The molecule has 16 heavy (non-hydrogen) atoms. The van der Waals surface area contributed by atoms with Crippen molar-refractivity contribution in [3.63, 3.8) is 0 Å². The summed E-state index contributed by atoms with van der Waals surface area (Å²) in [5, 5.41) is 0. The lowest BCUT2D eigenvalue weighted by atomic mass is 10.0. The summed E-state index contributed by atoms with van der Waals surface area (Å²) in [6.45, 7) is 5.86. The van der Waals surface area contributed by atoms with Gasteiger partial charge in [0.25, 0.3) is 0 Å². The van der Waals surface area contributed by atoms with Gasteiger partial charge in [-0.25, -0.2) is 0 Å². The smallest absolute Gasteiger partial charge is 0.223 e. The van der Waals surface area contributed by atoms with E-state index in [1.165, 1.54) is 0 Å². The Labute approximate surface area is 105 Å². The topological polar surface area (TPSA) is 46.3 Å². The summed E-state index contributed by atoms with van der Waals surface area (Å²) >= 11 is 0. The van der Waals surface area contributed by atoms with E-state index in [1.54, 1.807) is 0 Å². The van der Waals surface area contributed by atoms with Gasteiger partial charge in [0.1, 0.15) is 0 Å². The molecule has 1 aliphatic heterocycles. The Balaban J connectivity index is 0.00000225. The van der Waals surface area contributed by atoms with Crippen molar-refractivity contribution in [2.24, 2.45) is 11.7 Å². The average Bonchev–Trinajstić information content (AvgIpc) is 2.65. The minimum atomic E-state index is 0. The molecule has 96 valence electrons. The first-order chi connectivity index (χ1) is 7.19. The zero-order valence-corrected chi connectivity index (χ0v) is 11.3. The second-order valence-electron chi connectivity index (χ2n) is 4.72. The normalized spacial score (nSPS) is 21.7. The summed E-state index contributed by atoms with van der Waals surface area (Å²) in [5.41, 5.74) is 5.66. The highest BCUT2D eigenvalue weighted by molar-refractivity contribution is 5.85. The van der Waals surface area contributed by atoms with Crippen LogP contribution in [0.5, 0.6) is 0 Å². The van der Waals surface area contributed by atoms with Crippen molar-refractivity contribution in [3.8, 4) is 0 Å². The fourth-order valence-corrected chi connectivity index (χ4v) is 2.42. The van der Waals surface area contributed by atoms with E-state index >= 15 is 0 Å². The molecule has 2 atom stereocenters. The summed E-state index contributed by atoms with van der Waals surface area (Å²) in [7, 11) is 0. The molecule has 1 amide bonds. The fourth-order valence-electron chi connectivity index (χ4n) is 2.42. The van der Waals surface area contributed by atoms with Gasteiger partial charge < -0.3 is 10.6 Å². The van der Waals surface area contributed by atoms with E-state index in [2.05, 4.69) is 13.8 Å². The highest BCUT2D eigenvalue weighted by Crippen LogP contribution is 2.20. The zero-order chi connectivity index (χ0) is 11.3. The van der Waals surface area contributed by atoms with Gasteiger partial charge in [-0.2, -0.15) is 0 Å². The number of carbonyl (C=O) groups excluding carboxylic acids is 1. The molecule has 0 bridgehead atoms. The first-order valence-corrected chi connectivity index (χ1v) is 6.18. The average molecular weight is 249 g/mol. The molecule has 2 unspecified atom stereocenters. The van der Waals surface area contributed by atoms with Crippen LogP contribution in [0.4, 0.5) is 0 Å². The Hall–Kier alpha value is -0.280. The number of rotatable bonds is 5. The largest absolute Gasteiger partial charge is 0.338 e. The van der Waals surface area contributed by atoms with Crippen LogP contribution in [0.3, 0.4) is 0 Å². The minimum absolute atomic E-state index is 0. The van der Waals surface area contributed by atoms with Gasteiger partial charge in [-0.1, -0.05) is 26.7 Å². The molecule has 0 spiro atoms. The van der Waals surface area contributed by atoms with Gasteiger partial charge in [0, 0.05) is 25.6 Å². The van der Waals surface area contributed by atoms with Crippen LogP contribution in [0.15, 0.2) is 0 Å². The molecule has 1 saturated heterocycles. The molecule has 3 nitrogen and oxygen atoms in total. The Morgan fingerprint density at radius 1 is 1.56 bits per heavy atom. The molecular weight excluding hydrogens is 224 g/mol. The molecule has 1 aliphatic rings. The first-order valence-electron chi connectivity index (χ1n) is 6.18. The maximum atomic E-state index is 12.0. The van der Waals surface area contributed by atoms with E-state index in [0.29, 0.717) is 30.8 Å². The van der Waals surface area contributed by atoms with Crippen molar-refractivity contribution in [1.29, 1.82) is 0 Å². The van der Waals surface area contributed by atoms with E-state index in [9.17, 15) is 4.79 Å². The number of nitrogens with two attached hydrogens (primary N) is 1. The van der Waals surface area contributed by atoms with Crippen molar-refractivity contribution in [2.45, 2.75) is 52.0 Å². The van der Waals surface area contributed by atoms with E-state index in [1.807, 2.05) is 4.90 Å². The summed E-state index contributed by atoms with van der Waals surface area (Å²) in [5.74, 6) is 0.824. The van der Waals surface area contributed by atoms with Gasteiger partial charge in [0.05, 0.1) is 0 Å². The third-order valence-electron chi connectivity index (χ3n) is 3.27. The van der Waals surface area contributed by atoms with Crippen LogP contribution in [0.1, 0.15) is 46.0 Å². The number of hydrogen-bond acceptors (Lipinski definition) is 2. The molecule has 1 rings (SSSR count). The summed E-state index contributed by atoms with van der Waals surface area (Å²) in [6, 6.07) is 0.311. The molecular formula is C12H25ClN2O. The Morgan fingerprint density at radius 2 is 2.25 bits per heavy atom. The first kappa shape index (κ1) is 15.7. The molecule has 0 saturated carbocycles. The van der Waals surface area contributed by atoms with Crippen molar-refractivity contribution in [3.05, 3.63) is 0 Å². The SMILES string of the molecule is CCCC(C)CC(=O)N1CCCC1CN.Cl. The van der Waals surface area contributed by atoms with Crippen LogP contribution in [-0.2, 0) is 4.79 Å². The lowest BCUT2D eigenvalue weighted by Crippen LogP contribution is -2.40. The van der Waals surface area contributed by atoms with Crippen LogP contribution >= 0.6 is 12.4 Å². The van der Waals surface area contributed by atoms with Crippen LogP contribution in [0.2, 0.25) is 0 Å². The van der Waals surface area contributed by atoms with Crippen LogP contribution in [-0.4, -0.2) is 29.9 Å². The van der Waals surface area contributed by atoms with Crippen molar-refractivity contribution in [2.75, 3.05) is 13.1 Å². The second-order valence-corrected chi connectivity index (χ2v) is 4.72. The van der Waals surface area contributed by atoms with Crippen LogP contribution < -0.4 is 5.73 Å². The number of amides is 1. The third-order valence-corrected chi connectivity index (χ3v) is 3.27. The molecule has 1 fully saturated rings. The molecule has 0 aromatic carbocycles. The van der Waals surface area contributed by atoms with Crippen LogP contribution in [0.25, 0.3) is 0 Å². The van der Waals surface area contributed by atoms with Crippen molar-refractivity contribution < 1.29 is 4.79 Å². The molecule has 0 radical (unpaired) electrons. The Kier molecular flexibility index (Phi) is 7.77. The van der Waals surface area contributed by atoms with Gasteiger partial charge in [0.2, 0.25) is 5.91 Å². The highest BCUT2D eigenvalue weighted by Gasteiger charge is 2.27. The number of halogens is 1. The lowest BCUT2D eigenvalue weighted by Gasteiger charge is -2.24. The number of carbonyl (C=O) groups is 1. The predicted molar refractivity (Wildman–Crippen MR) is 69.7 cm³/mol. The standard InChI is InChI=1S/C12H24N2O.ClH/c1-3-5-10(2)8-12(15)14-7-4-6-11(14)9-13;/h10-11H,3-9,13H2,1-2H3;1H. The van der Waals surface area contributed by atoms with E-state index < -0.39 is 0 Å². The molecule has 4 heteroatoms. The van der Waals surface area contributed by atoms with Gasteiger partial charge in [-0.15, -0.1) is 12.4 Å². The summed E-state index contributed by atoms with van der Waals surface area (Å²) in [4.78, 5) is 14.0. The summed E-state index contributed by atoms with van der Waals surface area (Å²) < 4.78 is 0. The van der Waals surface area contributed by atoms with E-state index in [0.717, 1.165) is 32.2 Å². The summed E-state index contributed by atoms with van der Waals surface area (Å²) in [6.07, 6.45) is 5.21. The Morgan fingerprint density at radius 3 is 2.81 bits per heavy atom. The van der Waals surface area contributed by atoms with Gasteiger partial charge in [-0.3, -0.25) is 4.79 Å². The van der Waals surface area contributed by atoms with E-state index in [4.69, 9.17) is 5.73 Å². The van der Waals surface area contributed by atoms with Crippen LogP contribution in [0, 0.1) is 5.92 Å². The van der Waals surface area contributed by atoms with Gasteiger partial charge >= 0.3 is 0 Å². The monoisotopic (exact) mass is 248 g/mol. The maximum Gasteiger partial charge on any atom is 0.223 e. The van der Waals surface area contributed by atoms with Gasteiger partial charge in [0.15, 0.2) is 0 Å². The fraction of sp³-hybridized carbons (Fsp3) is 0.917. The highest BCUT2D eigenvalue weighted by atomic mass is 35.5. The number of hydrogen-bond donors (Lipinski definition) is 1. The molecule has 0 aromatic heterocycles. The molecule has 0 aliphatic carbocycles. The zero-order valence-electron chi connectivity index (χ0n) is 10.4. The number of likely N-dealkylation sites (tertiary alicyclic amines) is 1. The van der Waals surface area contributed by atoms with E-state index in [-0.39, 0.29) is 12.4 Å². The van der Waals surface area contributed by atoms with Gasteiger partial charge in [-0.05, 0) is 18.8 Å². The quantitative estimate of drug-likeness (QED) is 0.811. The van der Waals surface area contributed by atoms with Crippen molar-refractivity contribution >= 4 is 18.3 Å². The van der Waals surface area contributed by atoms with Crippen molar-refractivity contribution in [1.82, 2.24) is 4.90 Å². The molecule has 1 heterocycles. The molecule has 2 N–H and O–H groups in total. The minimum Gasteiger partial charge on any atom is -0.338 e. The third kappa shape index (κ3) is 4.30. The molecule has 0 aromatic rings. The Bertz CT molecular complexity index is 211. The predicted octanol–water partition coefficient (Wildman–Crippen LogP) is 2.18. The number of nitrogens with zero attached hydrogens (tertiary/aromatic N) is 1.